The average molecular weight is 667 g/mol. The van der Waals surface area contributed by atoms with Crippen LogP contribution in [0.15, 0.2) is 30.6 Å². The molecule has 0 radical (unpaired) electrons. The predicted octanol–water partition coefficient (Wildman–Crippen LogP) is 4.10. The van der Waals surface area contributed by atoms with Crippen molar-refractivity contribution in [3.05, 3.63) is 30.6 Å². The molecule has 13 heteroatoms. The van der Waals surface area contributed by atoms with Gasteiger partial charge in [-0.3, -0.25) is 24.2 Å². The number of carbonyl (C=O) groups is 3. The molecule has 0 unspecified atom stereocenters. The number of pyridine rings is 1. The number of amides is 1. The molecule has 0 aromatic carbocycles. The number of fused-ring (bicyclic) bond motifs is 1. The summed E-state index contributed by atoms with van der Waals surface area (Å²) in [5.74, 6) is -2.07. The van der Waals surface area contributed by atoms with Crippen LogP contribution in [0.25, 0.3) is 11.4 Å². The van der Waals surface area contributed by atoms with Crippen molar-refractivity contribution >= 4 is 25.7 Å². The van der Waals surface area contributed by atoms with Crippen LogP contribution in [0.1, 0.15) is 80.6 Å². The highest BCUT2D eigenvalue weighted by atomic mass is 16.6. The summed E-state index contributed by atoms with van der Waals surface area (Å²) in [5, 5.41) is 12.2. The van der Waals surface area contributed by atoms with Crippen LogP contribution in [-0.2, 0) is 30.3 Å². The lowest BCUT2D eigenvalue weighted by molar-refractivity contribution is -0.170. The summed E-state index contributed by atoms with van der Waals surface area (Å²) in [5.41, 5.74) is -0.184. The monoisotopic (exact) mass is 666 g/mol. The highest BCUT2D eigenvalue weighted by Crippen LogP contribution is 2.40. The molecule has 1 amide bonds. The number of rotatable bonds is 9. The Kier molecular flexibility index (Phi) is 12.4. The van der Waals surface area contributed by atoms with E-state index in [4.69, 9.17) is 14.2 Å². The SMILES string of the molecule is B[C@@H]1[C@@H](C)C(=O)[C@@H](C)C(=O)O[C@H](CC)[C@@]2(C)OC(=O)N(CCCCCn3cc(-c4ccccn4)nn3)[C@@H]2[C@@H](C)NC[C@H](C)C[C@@]1(C)OC. The van der Waals surface area contributed by atoms with Crippen LogP contribution < -0.4 is 5.32 Å². The number of methoxy groups -OCH3 is 1. The first kappa shape index (κ1) is 37.5. The van der Waals surface area contributed by atoms with E-state index in [1.807, 2.05) is 64.6 Å². The van der Waals surface area contributed by atoms with E-state index in [2.05, 4.69) is 34.5 Å². The molecule has 2 aromatic heterocycles. The normalized spacial score (nSPS) is 33.8. The molecule has 2 aromatic rings. The Morgan fingerprint density at radius 2 is 1.79 bits per heavy atom. The van der Waals surface area contributed by atoms with Crippen LogP contribution in [0.5, 0.6) is 0 Å². The number of unbranched alkanes of at least 4 members (excludes halogenated alkanes) is 2. The summed E-state index contributed by atoms with van der Waals surface area (Å²) < 4.78 is 20.1. The topological polar surface area (TPSA) is 138 Å². The molecule has 264 valence electrons. The number of Topliss-reactive ketones (excluding diaryl/α,β-unsaturated/α-hetero) is 1. The smallest absolute Gasteiger partial charge is 0.410 e. The Bertz CT molecular complexity index is 1390. The number of ether oxygens (including phenoxy) is 3. The van der Waals surface area contributed by atoms with Gasteiger partial charge in [0.2, 0.25) is 0 Å². The molecule has 0 aliphatic carbocycles. The van der Waals surface area contributed by atoms with Crippen LogP contribution in [0.2, 0.25) is 5.82 Å². The van der Waals surface area contributed by atoms with Crippen molar-refractivity contribution in [3.8, 4) is 11.4 Å². The van der Waals surface area contributed by atoms with E-state index < -0.39 is 47.2 Å². The van der Waals surface area contributed by atoms with Crippen molar-refractivity contribution in [3.63, 3.8) is 0 Å². The molecule has 4 rings (SSSR count). The number of aryl methyl sites for hydroxylation is 1. The first-order valence-corrected chi connectivity index (χ1v) is 17.6. The second kappa shape index (κ2) is 15.9. The van der Waals surface area contributed by atoms with Crippen molar-refractivity contribution in [2.24, 2.45) is 17.8 Å². The van der Waals surface area contributed by atoms with Crippen molar-refractivity contribution < 1.29 is 28.6 Å². The Hall–Kier alpha value is -3.32. The first-order chi connectivity index (χ1) is 22.8. The van der Waals surface area contributed by atoms with Crippen LogP contribution in [0.3, 0.4) is 0 Å². The Morgan fingerprint density at radius 1 is 1.06 bits per heavy atom. The van der Waals surface area contributed by atoms with Gasteiger partial charge in [0.1, 0.15) is 31.3 Å². The molecule has 0 bridgehead atoms. The summed E-state index contributed by atoms with van der Waals surface area (Å²) >= 11 is 0. The number of carbonyl (C=O) groups excluding carboxylic acids is 3. The molecule has 0 spiro atoms. The zero-order valence-corrected chi connectivity index (χ0v) is 30.3. The molecule has 9 atom stereocenters. The fourth-order valence-electron chi connectivity index (χ4n) is 7.61. The molecule has 1 N–H and O–H groups in total. The lowest BCUT2D eigenvalue weighted by Gasteiger charge is -2.41. The van der Waals surface area contributed by atoms with Crippen molar-refractivity contribution in [1.29, 1.82) is 0 Å². The van der Waals surface area contributed by atoms with E-state index in [1.54, 1.807) is 25.1 Å². The van der Waals surface area contributed by atoms with Gasteiger partial charge < -0.3 is 19.5 Å². The number of hydrogen-bond acceptors (Lipinski definition) is 10. The van der Waals surface area contributed by atoms with Gasteiger partial charge >= 0.3 is 12.1 Å². The molecule has 0 saturated carbocycles. The first-order valence-electron chi connectivity index (χ1n) is 17.6. The number of cyclic esters (lactones) is 1. The van der Waals surface area contributed by atoms with Crippen LogP contribution in [0.4, 0.5) is 4.79 Å². The number of aromatic nitrogens is 4. The zero-order chi connectivity index (χ0) is 35.2. The Morgan fingerprint density at radius 3 is 2.46 bits per heavy atom. The van der Waals surface area contributed by atoms with Crippen LogP contribution in [0, 0.1) is 17.8 Å². The number of esters is 1. The lowest BCUT2D eigenvalue weighted by Crippen LogP contribution is -2.60. The van der Waals surface area contributed by atoms with Gasteiger partial charge in [-0.15, -0.1) is 5.10 Å². The van der Waals surface area contributed by atoms with E-state index in [9.17, 15) is 14.4 Å². The number of hydrogen-bond donors (Lipinski definition) is 1. The van der Waals surface area contributed by atoms with E-state index in [0.717, 1.165) is 30.7 Å². The van der Waals surface area contributed by atoms with E-state index in [0.29, 0.717) is 32.5 Å². The molecule has 2 aliphatic heterocycles. The van der Waals surface area contributed by atoms with Gasteiger partial charge in [-0.05, 0) is 90.2 Å². The van der Waals surface area contributed by atoms with Gasteiger partial charge in [-0.25, -0.2) is 4.79 Å². The quantitative estimate of drug-likeness (QED) is 0.180. The molecular formula is C35H55BN6O6. The highest BCUT2D eigenvalue weighted by Gasteiger charge is 2.58. The van der Waals surface area contributed by atoms with Crippen LogP contribution >= 0.6 is 0 Å². The third-order valence-corrected chi connectivity index (χ3v) is 10.9. The van der Waals surface area contributed by atoms with Gasteiger partial charge in [0.25, 0.3) is 0 Å². The Labute approximate surface area is 286 Å². The van der Waals surface area contributed by atoms with Crippen LogP contribution in [-0.4, -0.2) is 100 Å². The number of ketones is 1. The van der Waals surface area contributed by atoms with E-state index in [1.165, 1.54) is 0 Å². The van der Waals surface area contributed by atoms with Crippen molar-refractivity contribution in [1.82, 2.24) is 30.2 Å². The van der Waals surface area contributed by atoms with E-state index >= 15 is 0 Å². The fraction of sp³-hybridized carbons (Fsp3) is 0.714. The third kappa shape index (κ3) is 8.10. The summed E-state index contributed by atoms with van der Waals surface area (Å²) in [7, 11) is 3.71. The second-order valence-corrected chi connectivity index (χ2v) is 14.4. The number of nitrogens with one attached hydrogen (secondary N) is 1. The van der Waals surface area contributed by atoms with Crippen molar-refractivity contribution in [2.45, 2.75) is 122 Å². The molecule has 48 heavy (non-hydrogen) atoms. The summed E-state index contributed by atoms with van der Waals surface area (Å²) in [4.78, 5) is 46.8. The zero-order valence-electron chi connectivity index (χ0n) is 30.3. The predicted molar refractivity (Wildman–Crippen MR) is 185 cm³/mol. The minimum atomic E-state index is -1.12. The largest absolute Gasteiger partial charge is 0.458 e. The maximum absolute atomic E-state index is 13.6. The molecule has 2 aliphatic rings. The number of nitrogens with zero attached hydrogens (tertiary/aromatic N) is 5. The summed E-state index contributed by atoms with van der Waals surface area (Å²) in [6, 6.07) is 5.11. The highest BCUT2D eigenvalue weighted by molar-refractivity contribution is 6.15. The summed E-state index contributed by atoms with van der Waals surface area (Å²) in [6.45, 7) is 15.4. The molecule has 2 fully saturated rings. The summed E-state index contributed by atoms with van der Waals surface area (Å²) in [6.07, 6.45) is 6.10. The second-order valence-electron chi connectivity index (χ2n) is 14.4. The minimum absolute atomic E-state index is 0.127. The van der Waals surface area contributed by atoms with Gasteiger partial charge in [0.15, 0.2) is 5.60 Å². The molecule has 2 saturated heterocycles. The van der Waals surface area contributed by atoms with E-state index in [-0.39, 0.29) is 23.6 Å². The maximum atomic E-state index is 13.6. The fourth-order valence-corrected chi connectivity index (χ4v) is 7.61. The van der Waals surface area contributed by atoms with Gasteiger partial charge in [-0.1, -0.05) is 32.1 Å². The molecule has 4 heterocycles. The Balaban J connectivity index is 1.50. The van der Waals surface area contributed by atoms with Gasteiger partial charge in [0, 0.05) is 38.4 Å². The average Bonchev–Trinajstić information content (AvgIpc) is 3.66. The molecular weight excluding hydrogens is 611 g/mol. The van der Waals surface area contributed by atoms with Crippen molar-refractivity contribution in [2.75, 3.05) is 20.2 Å². The third-order valence-electron chi connectivity index (χ3n) is 10.9. The minimum Gasteiger partial charge on any atom is -0.458 e. The molecule has 12 nitrogen and oxygen atoms in total. The van der Waals surface area contributed by atoms with Gasteiger partial charge in [-0.2, -0.15) is 0 Å². The standard InChI is InChI=1S/C35H55BN6O6/c1-9-28-35(7)31(25(5)38-20-22(2)19-34(6,46-8)30(36)23(3)29(43)24(4)32(44)47-28)42(33(45)48-35)18-14-10-13-17-41-21-27(39-40-41)26-15-11-12-16-37-26/h11-12,15-16,21-25,28,30-31,38H,9-10,13-14,17-20,36H2,1-8H3/t22-,23+,24-,25-,28-,30-,31-,34-,35-/m1/s1. The van der Waals surface area contributed by atoms with Gasteiger partial charge in [0.05, 0.1) is 23.5 Å². The lowest BCUT2D eigenvalue weighted by atomic mass is 9.62. The maximum Gasteiger partial charge on any atom is 0.410 e.